The lowest BCUT2D eigenvalue weighted by atomic mass is 10.0. The maximum absolute atomic E-state index is 14.3. The number of piperazine rings is 1. The van der Waals surface area contributed by atoms with Crippen LogP contribution in [-0.4, -0.2) is 47.0 Å². The van der Waals surface area contributed by atoms with E-state index < -0.39 is 0 Å². The first-order valence-electron chi connectivity index (χ1n) is 10.5. The number of carbonyl (C=O) groups is 1. The van der Waals surface area contributed by atoms with Gasteiger partial charge >= 0.3 is 0 Å². The third-order valence-electron chi connectivity index (χ3n) is 5.39. The second-order valence-corrected chi connectivity index (χ2v) is 8.11. The lowest BCUT2D eigenvalue weighted by molar-refractivity contribution is -0.131. The molecule has 0 saturated carbocycles. The Balaban J connectivity index is 1.93. The van der Waals surface area contributed by atoms with Gasteiger partial charge in [0.25, 0.3) is 0 Å². The molecule has 156 valence electrons. The van der Waals surface area contributed by atoms with Gasteiger partial charge in [-0.2, -0.15) is 0 Å². The molecule has 1 aliphatic heterocycles. The summed E-state index contributed by atoms with van der Waals surface area (Å²) < 4.78 is 14.3. The van der Waals surface area contributed by atoms with Gasteiger partial charge in [-0.1, -0.05) is 39.0 Å². The van der Waals surface area contributed by atoms with E-state index in [2.05, 4.69) is 18.7 Å². The zero-order valence-electron chi connectivity index (χ0n) is 17.9. The molecule has 0 N–H and O–H groups in total. The molecule has 2 aromatic rings. The predicted molar refractivity (Wildman–Crippen MR) is 114 cm³/mol. The summed E-state index contributed by atoms with van der Waals surface area (Å²) in [4.78, 5) is 25.8. The summed E-state index contributed by atoms with van der Waals surface area (Å²) in [5.41, 5.74) is 2.52. The number of hydrogen-bond acceptors (Lipinski definition) is 4. The van der Waals surface area contributed by atoms with Crippen LogP contribution in [-0.2, 0) is 17.6 Å². The molecule has 6 heteroatoms. The Morgan fingerprint density at radius 3 is 2.45 bits per heavy atom. The van der Waals surface area contributed by atoms with Gasteiger partial charge in [0.2, 0.25) is 5.91 Å². The summed E-state index contributed by atoms with van der Waals surface area (Å²) in [5.74, 6) is 2.16. The quantitative estimate of drug-likeness (QED) is 0.743. The zero-order chi connectivity index (χ0) is 21.0. The molecule has 0 bridgehead atoms. The number of anilines is 1. The molecular weight excluding hydrogens is 367 g/mol. The number of aryl methyl sites for hydroxylation is 1. The molecule has 1 saturated heterocycles. The van der Waals surface area contributed by atoms with Crippen molar-refractivity contribution < 1.29 is 9.18 Å². The van der Waals surface area contributed by atoms with Crippen LogP contribution in [0.25, 0.3) is 0 Å². The van der Waals surface area contributed by atoms with Gasteiger partial charge in [0.05, 0.1) is 0 Å². The SMILES string of the molecule is CCC(=O)N1CCN(c2nc(CC(C)C)nc(C)c2Cc2ccccc2F)CC1. The summed E-state index contributed by atoms with van der Waals surface area (Å²) in [5, 5.41) is 0. The number of aromatic nitrogens is 2. The molecule has 2 heterocycles. The predicted octanol–water partition coefficient (Wildman–Crippen LogP) is 3.77. The van der Waals surface area contributed by atoms with E-state index in [4.69, 9.17) is 9.97 Å². The van der Waals surface area contributed by atoms with Crippen LogP contribution in [0.3, 0.4) is 0 Å². The molecule has 0 aliphatic carbocycles. The van der Waals surface area contributed by atoms with E-state index in [-0.39, 0.29) is 11.7 Å². The van der Waals surface area contributed by atoms with Gasteiger partial charge in [0, 0.05) is 56.7 Å². The molecule has 0 spiro atoms. The van der Waals surface area contributed by atoms with Crippen LogP contribution >= 0.6 is 0 Å². The number of amides is 1. The van der Waals surface area contributed by atoms with Crippen LogP contribution in [0.4, 0.5) is 10.2 Å². The third kappa shape index (κ3) is 5.11. The maximum Gasteiger partial charge on any atom is 0.222 e. The first-order valence-corrected chi connectivity index (χ1v) is 10.5. The molecule has 0 radical (unpaired) electrons. The van der Waals surface area contributed by atoms with Gasteiger partial charge in [-0.25, -0.2) is 14.4 Å². The Labute approximate surface area is 173 Å². The minimum absolute atomic E-state index is 0.190. The molecule has 1 amide bonds. The minimum Gasteiger partial charge on any atom is -0.353 e. The average molecular weight is 399 g/mol. The first kappa shape index (κ1) is 21.2. The van der Waals surface area contributed by atoms with Crippen LogP contribution < -0.4 is 4.90 Å². The molecule has 1 aliphatic rings. The van der Waals surface area contributed by atoms with Crippen LogP contribution in [0.15, 0.2) is 24.3 Å². The van der Waals surface area contributed by atoms with Crippen LogP contribution in [0.2, 0.25) is 0 Å². The number of halogens is 1. The normalized spacial score (nSPS) is 14.6. The van der Waals surface area contributed by atoms with E-state index in [1.807, 2.05) is 30.9 Å². The van der Waals surface area contributed by atoms with Gasteiger partial charge in [0.1, 0.15) is 17.5 Å². The molecule has 5 nitrogen and oxygen atoms in total. The van der Waals surface area contributed by atoms with E-state index in [1.165, 1.54) is 6.07 Å². The van der Waals surface area contributed by atoms with Crippen LogP contribution in [0.5, 0.6) is 0 Å². The number of rotatable bonds is 6. The third-order valence-corrected chi connectivity index (χ3v) is 5.39. The summed E-state index contributed by atoms with van der Waals surface area (Å²) in [6, 6.07) is 6.88. The zero-order valence-corrected chi connectivity index (χ0v) is 17.9. The van der Waals surface area contributed by atoms with Crippen LogP contribution in [0.1, 0.15) is 49.8 Å². The average Bonchev–Trinajstić information content (AvgIpc) is 2.70. The van der Waals surface area contributed by atoms with E-state index >= 15 is 0 Å². The molecular formula is C23H31FN4O. The Kier molecular flexibility index (Phi) is 6.83. The highest BCUT2D eigenvalue weighted by Gasteiger charge is 2.25. The summed E-state index contributed by atoms with van der Waals surface area (Å²) in [6.07, 6.45) is 1.80. The first-order chi connectivity index (χ1) is 13.9. The van der Waals surface area contributed by atoms with Gasteiger partial charge in [0.15, 0.2) is 0 Å². The highest BCUT2D eigenvalue weighted by molar-refractivity contribution is 5.76. The van der Waals surface area contributed by atoms with E-state index in [0.29, 0.717) is 37.4 Å². The van der Waals surface area contributed by atoms with Gasteiger partial charge in [-0.15, -0.1) is 0 Å². The molecule has 1 aromatic carbocycles. The minimum atomic E-state index is -0.206. The molecule has 0 unspecified atom stereocenters. The number of benzene rings is 1. The fourth-order valence-electron chi connectivity index (χ4n) is 3.79. The van der Waals surface area contributed by atoms with Crippen molar-refractivity contribution in [1.29, 1.82) is 0 Å². The van der Waals surface area contributed by atoms with Crippen molar-refractivity contribution in [2.45, 2.75) is 47.0 Å². The van der Waals surface area contributed by atoms with Gasteiger partial charge in [-0.05, 0) is 24.5 Å². The highest BCUT2D eigenvalue weighted by Crippen LogP contribution is 2.26. The molecule has 29 heavy (non-hydrogen) atoms. The van der Waals surface area contributed by atoms with Crippen molar-refractivity contribution in [3.63, 3.8) is 0 Å². The second kappa shape index (κ2) is 9.33. The summed E-state index contributed by atoms with van der Waals surface area (Å²) in [7, 11) is 0. The number of hydrogen-bond donors (Lipinski definition) is 0. The van der Waals surface area contributed by atoms with Crippen molar-refractivity contribution in [2.24, 2.45) is 5.92 Å². The van der Waals surface area contributed by atoms with Gasteiger partial charge < -0.3 is 9.80 Å². The standard InChI is InChI=1S/C23H31FN4O/c1-5-22(29)27-10-12-28(13-11-27)23-19(15-18-8-6-7-9-20(18)24)17(4)25-21(26-23)14-16(2)3/h6-9,16H,5,10-15H2,1-4H3. The van der Waals surface area contributed by atoms with Gasteiger partial charge in [-0.3, -0.25) is 4.79 Å². The molecule has 0 atom stereocenters. The number of carbonyl (C=O) groups excluding carboxylic acids is 1. The Morgan fingerprint density at radius 2 is 1.83 bits per heavy atom. The molecule has 1 aromatic heterocycles. The largest absolute Gasteiger partial charge is 0.353 e. The fraction of sp³-hybridized carbons (Fsp3) is 0.522. The molecule has 3 rings (SSSR count). The lowest BCUT2D eigenvalue weighted by Crippen LogP contribution is -2.49. The van der Waals surface area contributed by atoms with Crippen molar-refractivity contribution in [1.82, 2.24) is 14.9 Å². The van der Waals surface area contributed by atoms with E-state index in [9.17, 15) is 9.18 Å². The lowest BCUT2D eigenvalue weighted by Gasteiger charge is -2.36. The summed E-state index contributed by atoms with van der Waals surface area (Å²) in [6.45, 7) is 11.0. The number of nitrogens with zero attached hydrogens (tertiary/aromatic N) is 4. The maximum atomic E-state index is 14.3. The van der Waals surface area contributed by atoms with Crippen molar-refractivity contribution in [3.8, 4) is 0 Å². The van der Waals surface area contributed by atoms with Crippen LogP contribution in [0, 0.1) is 18.7 Å². The Bertz CT molecular complexity index is 860. The Hall–Kier alpha value is -2.50. The second-order valence-electron chi connectivity index (χ2n) is 8.11. The van der Waals surface area contributed by atoms with E-state index in [0.717, 1.165) is 42.4 Å². The van der Waals surface area contributed by atoms with E-state index in [1.54, 1.807) is 6.07 Å². The van der Waals surface area contributed by atoms with Crippen molar-refractivity contribution >= 4 is 11.7 Å². The Morgan fingerprint density at radius 1 is 1.14 bits per heavy atom. The fourth-order valence-corrected chi connectivity index (χ4v) is 3.79. The van der Waals surface area contributed by atoms with Crippen molar-refractivity contribution in [3.05, 3.63) is 52.7 Å². The highest BCUT2D eigenvalue weighted by atomic mass is 19.1. The van der Waals surface area contributed by atoms with Crippen molar-refractivity contribution in [2.75, 3.05) is 31.1 Å². The topological polar surface area (TPSA) is 49.3 Å². The summed E-state index contributed by atoms with van der Waals surface area (Å²) >= 11 is 0. The smallest absolute Gasteiger partial charge is 0.222 e. The molecule has 1 fully saturated rings. The monoisotopic (exact) mass is 398 g/mol.